The second-order valence-electron chi connectivity index (χ2n) is 4.56. The molecule has 0 aliphatic carbocycles. The lowest BCUT2D eigenvalue weighted by atomic mass is 10.2. The van der Waals surface area contributed by atoms with Crippen molar-refractivity contribution in [2.45, 2.75) is 33.4 Å². The summed E-state index contributed by atoms with van der Waals surface area (Å²) < 4.78 is 0. The van der Waals surface area contributed by atoms with E-state index in [1.807, 2.05) is 30.5 Å². The molecule has 0 saturated heterocycles. The summed E-state index contributed by atoms with van der Waals surface area (Å²) in [6, 6.07) is 7.85. The van der Waals surface area contributed by atoms with Gasteiger partial charge in [0.2, 0.25) is 5.91 Å². The molecule has 20 heavy (non-hydrogen) atoms. The second-order valence-corrected chi connectivity index (χ2v) is 5.76. The van der Waals surface area contributed by atoms with Gasteiger partial charge in [0, 0.05) is 36.8 Å². The molecule has 5 heteroatoms. The lowest BCUT2D eigenvalue weighted by Crippen LogP contribution is -2.12. The first-order chi connectivity index (χ1) is 9.67. The van der Waals surface area contributed by atoms with Crippen LogP contribution in [0.5, 0.6) is 0 Å². The molecule has 0 fully saturated rings. The van der Waals surface area contributed by atoms with Crippen molar-refractivity contribution in [2.75, 3.05) is 5.32 Å². The van der Waals surface area contributed by atoms with E-state index in [2.05, 4.69) is 22.5 Å². The van der Waals surface area contributed by atoms with Crippen molar-refractivity contribution in [3.05, 3.63) is 45.9 Å². The molecule has 2 aromatic rings. The van der Waals surface area contributed by atoms with E-state index >= 15 is 0 Å². The van der Waals surface area contributed by atoms with Crippen molar-refractivity contribution in [3.8, 4) is 0 Å². The maximum Gasteiger partial charge on any atom is 0.221 e. The highest BCUT2D eigenvalue weighted by atomic mass is 32.1. The van der Waals surface area contributed by atoms with Crippen molar-refractivity contribution in [3.63, 3.8) is 0 Å². The maximum atomic E-state index is 10.9. The average Bonchev–Trinajstić information content (AvgIpc) is 2.88. The molecular formula is C15H19N3OS. The monoisotopic (exact) mass is 289 g/mol. The number of aromatic nitrogens is 1. The lowest BCUT2D eigenvalue weighted by molar-refractivity contribution is -0.114. The minimum Gasteiger partial charge on any atom is -0.326 e. The molecule has 0 spiro atoms. The third-order valence-corrected chi connectivity index (χ3v) is 3.97. The van der Waals surface area contributed by atoms with Gasteiger partial charge in [-0.25, -0.2) is 4.98 Å². The van der Waals surface area contributed by atoms with E-state index in [4.69, 9.17) is 0 Å². The normalized spacial score (nSPS) is 10.5. The van der Waals surface area contributed by atoms with Gasteiger partial charge in [-0.1, -0.05) is 19.1 Å². The molecule has 0 aliphatic heterocycles. The van der Waals surface area contributed by atoms with E-state index < -0.39 is 0 Å². The smallest absolute Gasteiger partial charge is 0.221 e. The van der Waals surface area contributed by atoms with Gasteiger partial charge in [0.15, 0.2) is 0 Å². The van der Waals surface area contributed by atoms with Crippen molar-refractivity contribution >= 4 is 22.9 Å². The van der Waals surface area contributed by atoms with Gasteiger partial charge in [0.05, 0.1) is 0 Å². The standard InChI is InChI=1S/C15H19N3OS/c1-3-14-9-17-15(20-14)10-16-8-12-4-6-13(7-5-12)18-11(2)19/h4-7,9,16H,3,8,10H2,1-2H3,(H,18,19). The van der Waals surface area contributed by atoms with Crippen LogP contribution >= 0.6 is 11.3 Å². The Labute approximate surface area is 123 Å². The number of benzene rings is 1. The van der Waals surface area contributed by atoms with E-state index in [9.17, 15) is 4.79 Å². The summed E-state index contributed by atoms with van der Waals surface area (Å²) >= 11 is 1.76. The zero-order valence-corrected chi connectivity index (χ0v) is 12.6. The summed E-state index contributed by atoms with van der Waals surface area (Å²) in [6.45, 7) is 5.23. The van der Waals surface area contributed by atoms with Crippen LogP contribution in [0.25, 0.3) is 0 Å². The fourth-order valence-corrected chi connectivity index (χ4v) is 2.65. The molecule has 4 nitrogen and oxygen atoms in total. The highest BCUT2D eigenvalue weighted by Crippen LogP contribution is 2.13. The van der Waals surface area contributed by atoms with Crippen LogP contribution in [-0.4, -0.2) is 10.9 Å². The number of hydrogen-bond donors (Lipinski definition) is 2. The minimum atomic E-state index is -0.0497. The molecule has 1 aromatic carbocycles. The van der Waals surface area contributed by atoms with Crippen LogP contribution < -0.4 is 10.6 Å². The second kappa shape index (κ2) is 7.17. The zero-order valence-electron chi connectivity index (χ0n) is 11.8. The summed E-state index contributed by atoms with van der Waals surface area (Å²) in [5.41, 5.74) is 2.01. The lowest BCUT2D eigenvalue weighted by Gasteiger charge is -2.05. The number of aryl methyl sites for hydroxylation is 1. The maximum absolute atomic E-state index is 10.9. The van der Waals surface area contributed by atoms with Gasteiger partial charge in [-0.2, -0.15) is 0 Å². The minimum absolute atomic E-state index is 0.0497. The molecule has 1 heterocycles. The largest absolute Gasteiger partial charge is 0.326 e. The molecule has 0 radical (unpaired) electrons. The predicted octanol–water partition coefficient (Wildman–Crippen LogP) is 2.95. The Hall–Kier alpha value is -1.72. The first-order valence-electron chi connectivity index (χ1n) is 6.68. The Balaban J connectivity index is 1.80. The van der Waals surface area contributed by atoms with E-state index in [1.54, 1.807) is 11.3 Å². The molecule has 0 atom stereocenters. The molecule has 0 saturated carbocycles. The van der Waals surface area contributed by atoms with E-state index in [0.29, 0.717) is 0 Å². The number of rotatable bonds is 6. The topological polar surface area (TPSA) is 54.0 Å². The van der Waals surface area contributed by atoms with Crippen molar-refractivity contribution in [1.82, 2.24) is 10.3 Å². The third kappa shape index (κ3) is 4.43. The number of thiazole rings is 1. The first kappa shape index (κ1) is 14.7. The van der Waals surface area contributed by atoms with Gasteiger partial charge in [0.1, 0.15) is 5.01 Å². The number of nitrogens with zero attached hydrogens (tertiary/aromatic N) is 1. The molecule has 0 unspecified atom stereocenters. The SMILES string of the molecule is CCc1cnc(CNCc2ccc(NC(C)=O)cc2)s1. The Morgan fingerprint density at radius 2 is 2.00 bits per heavy atom. The third-order valence-electron chi connectivity index (χ3n) is 2.83. The van der Waals surface area contributed by atoms with Gasteiger partial charge in [-0.05, 0) is 24.1 Å². The summed E-state index contributed by atoms with van der Waals surface area (Å²) in [7, 11) is 0. The van der Waals surface area contributed by atoms with Crippen LogP contribution in [0.15, 0.2) is 30.5 Å². The predicted molar refractivity (Wildman–Crippen MR) is 82.8 cm³/mol. The quantitative estimate of drug-likeness (QED) is 0.859. The Bertz CT molecular complexity index is 563. The summed E-state index contributed by atoms with van der Waals surface area (Å²) in [5, 5.41) is 7.25. The Morgan fingerprint density at radius 3 is 2.60 bits per heavy atom. The van der Waals surface area contributed by atoms with Crippen LogP contribution in [0.2, 0.25) is 0 Å². The zero-order chi connectivity index (χ0) is 14.4. The van der Waals surface area contributed by atoms with Crippen molar-refractivity contribution < 1.29 is 4.79 Å². The number of carbonyl (C=O) groups excluding carboxylic acids is 1. The van der Waals surface area contributed by atoms with Crippen LogP contribution in [0.3, 0.4) is 0 Å². The number of anilines is 1. The van der Waals surface area contributed by atoms with Crippen LogP contribution in [0.4, 0.5) is 5.69 Å². The molecule has 1 aromatic heterocycles. The Morgan fingerprint density at radius 1 is 1.25 bits per heavy atom. The first-order valence-corrected chi connectivity index (χ1v) is 7.50. The van der Waals surface area contributed by atoms with Gasteiger partial charge < -0.3 is 10.6 Å². The van der Waals surface area contributed by atoms with Crippen LogP contribution in [0, 0.1) is 0 Å². The highest BCUT2D eigenvalue weighted by Gasteiger charge is 2.00. The van der Waals surface area contributed by atoms with E-state index in [0.717, 1.165) is 30.2 Å². The molecule has 0 aliphatic rings. The molecule has 0 bridgehead atoms. The summed E-state index contributed by atoms with van der Waals surface area (Å²) in [5.74, 6) is -0.0497. The number of amides is 1. The molecular weight excluding hydrogens is 270 g/mol. The van der Waals surface area contributed by atoms with Crippen molar-refractivity contribution in [2.24, 2.45) is 0 Å². The molecule has 106 valence electrons. The Kier molecular flexibility index (Phi) is 5.26. The number of hydrogen-bond acceptors (Lipinski definition) is 4. The fourth-order valence-electron chi connectivity index (χ4n) is 1.82. The fraction of sp³-hybridized carbons (Fsp3) is 0.333. The van der Waals surface area contributed by atoms with Gasteiger partial charge >= 0.3 is 0 Å². The summed E-state index contributed by atoms with van der Waals surface area (Å²) in [4.78, 5) is 16.6. The van der Waals surface area contributed by atoms with E-state index in [1.165, 1.54) is 17.4 Å². The average molecular weight is 289 g/mol. The molecule has 1 amide bonds. The molecule has 2 rings (SSSR count). The molecule has 2 N–H and O–H groups in total. The van der Waals surface area contributed by atoms with Gasteiger partial charge in [0.25, 0.3) is 0 Å². The number of nitrogens with one attached hydrogen (secondary N) is 2. The van der Waals surface area contributed by atoms with E-state index in [-0.39, 0.29) is 5.91 Å². The highest BCUT2D eigenvalue weighted by molar-refractivity contribution is 7.11. The van der Waals surface area contributed by atoms with Crippen molar-refractivity contribution in [1.29, 1.82) is 0 Å². The van der Waals surface area contributed by atoms with Crippen LogP contribution in [-0.2, 0) is 24.3 Å². The number of carbonyl (C=O) groups is 1. The van der Waals surface area contributed by atoms with Gasteiger partial charge in [-0.3, -0.25) is 4.79 Å². The summed E-state index contributed by atoms with van der Waals surface area (Å²) in [6.07, 6.45) is 2.99. The van der Waals surface area contributed by atoms with Crippen LogP contribution in [0.1, 0.15) is 29.3 Å². The van der Waals surface area contributed by atoms with Gasteiger partial charge in [-0.15, -0.1) is 11.3 Å².